The molecule has 0 radical (unpaired) electrons. The summed E-state index contributed by atoms with van der Waals surface area (Å²) in [7, 11) is 0. The second-order valence-electron chi connectivity index (χ2n) is 2.93. The van der Waals surface area contributed by atoms with Gasteiger partial charge in [0.2, 0.25) is 0 Å². The number of terminal acetylenes is 2. The maximum Gasteiger partial charge on any atom is 0.0466 e. The van der Waals surface area contributed by atoms with Crippen LogP contribution in [0.1, 0.15) is 38.5 Å². The van der Waals surface area contributed by atoms with Gasteiger partial charge in [0.05, 0.1) is 0 Å². The topological polar surface area (TPSA) is 9.23 Å². The first-order valence-electron chi connectivity index (χ1n) is 4.86. The number of hydrogen-bond acceptors (Lipinski definition) is 1. The van der Waals surface area contributed by atoms with Gasteiger partial charge in [-0.05, 0) is 25.7 Å². The summed E-state index contributed by atoms with van der Waals surface area (Å²) >= 11 is 0. The van der Waals surface area contributed by atoms with Crippen LogP contribution in [0.5, 0.6) is 0 Å². The largest absolute Gasteiger partial charge is 0.381 e. The van der Waals surface area contributed by atoms with Crippen LogP contribution in [0.15, 0.2) is 0 Å². The fourth-order valence-corrected chi connectivity index (χ4v) is 0.964. The van der Waals surface area contributed by atoms with Crippen molar-refractivity contribution in [2.24, 2.45) is 0 Å². The molecule has 0 aromatic carbocycles. The first-order chi connectivity index (χ1) is 6.41. The summed E-state index contributed by atoms with van der Waals surface area (Å²) in [5.74, 6) is 5.22. The SMILES string of the molecule is C#CCCCCOCCCCC#C. The molecule has 0 rings (SSSR count). The Bertz CT molecular complexity index is 151. The Balaban J connectivity index is 2.85. The quantitative estimate of drug-likeness (QED) is 0.410. The molecule has 0 amide bonds. The van der Waals surface area contributed by atoms with Gasteiger partial charge in [0.15, 0.2) is 0 Å². The molecule has 13 heavy (non-hydrogen) atoms. The Morgan fingerprint density at radius 3 is 1.62 bits per heavy atom. The van der Waals surface area contributed by atoms with E-state index in [1.54, 1.807) is 0 Å². The summed E-state index contributed by atoms with van der Waals surface area (Å²) in [6, 6.07) is 0. The Kier molecular flexibility index (Phi) is 10.3. The van der Waals surface area contributed by atoms with E-state index in [-0.39, 0.29) is 0 Å². The van der Waals surface area contributed by atoms with Gasteiger partial charge >= 0.3 is 0 Å². The predicted molar refractivity (Wildman–Crippen MR) is 56.2 cm³/mol. The zero-order chi connectivity index (χ0) is 9.78. The minimum atomic E-state index is 0.831. The van der Waals surface area contributed by atoms with Gasteiger partial charge in [-0.2, -0.15) is 0 Å². The van der Waals surface area contributed by atoms with Gasteiger partial charge in [-0.3, -0.25) is 0 Å². The van der Waals surface area contributed by atoms with E-state index in [2.05, 4.69) is 11.8 Å². The van der Waals surface area contributed by atoms with Crippen LogP contribution in [-0.4, -0.2) is 13.2 Å². The highest BCUT2D eigenvalue weighted by atomic mass is 16.5. The van der Waals surface area contributed by atoms with Crippen molar-refractivity contribution in [1.29, 1.82) is 0 Å². The molecular formula is C12H18O. The highest BCUT2D eigenvalue weighted by molar-refractivity contribution is 4.83. The lowest BCUT2D eigenvalue weighted by molar-refractivity contribution is 0.127. The maximum absolute atomic E-state index is 5.39. The first kappa shape index (κ1) is 12.1. The van der Waals surface area contributed by atoms with E-state index in [0.717, 1.165) is 51.7 Å². The van der Waals surface area contributed by atoms with Crippen LogP contribution < -0.4 is 0 Å². The molecule has 0 aliphatic heterocycles. The van der Waals surface area contributed by atoms with E-state index < -0.39 is 0 Å². The summed E-state index contributed by atoms with van der Waals surface area (Å²) in [4.78, 5) is 0. The molecule has 0 heterocycles. The number of ether oxygens (including phenoxy) is 1. The van der Waals surface area contributed by atoms with Crippen molar-refractivity contribution in [3.63, 3.8) is 0 Å². The van der Waals surface area contributed by atoms with E-state index in [9.17, 15) is 0 Å². The normalized spacial score (nSPS) is 9.08. The Morgan fingerprint density at radius 2 is 1.23 bits per heavy atom. The molecule has 0 unspecified atom stereocenters. The fourth-order valence-electron chi connectivity index (χ4n) is 0.964. The van der Waals surface area contributed by atoms with Crippen LogP contribution in [-0.2, 0) is 4.74 Å². The summed E-state index contributed by atoms with van der Waals surface area (Å²) < 4.78 is 5.39. The van der Waals surface area contributed by atoms with Gasteiger partial charge in [0.1, 0.15) is 0 Å². The first-order valence-corrected chi connectivity index (χ1v) is 4.86. The van der Waals surface area contributed by atoms with Crippen LogP contribution in [0.3, 0.4) is 0 Å². The van der Waals surface area contributed by atoms with E-state index >= 15 is 0 Å². The third kappa shape index (κ3) is 11.1. The lowest BCUT2D eigenvalue weighted by atomic mass is 10.2. The van der Waals surface area contributed by atoms with Crippen molar-refractivity contribution >= 4 is 0 Å². The van der Waals surface area contributed by atoms with E-state index in [1.165, 1.54) is 0 Å². The van der Waals surface area contributed by atoms with Crippen molar-refractivity contribution in [1.82, 2.24) is 0 Å². The molecule has 72 valence electrons. The number of rotatable bonds is 8. The zero-order valence-electron chi connectivity index (χ0n) is 8.22. The molecule has 0 atom stereocenters. The van der Waals surface area contributed by atoms with Gasteiger partial charge in [-0.1, -0.05) is 0 Å². The highest BCUT2D eigenvalue weighted by Gasteiger charge is 1.89. The standard InChI is InChI=1S/C12H18O/c1-3-5-7-9-11-13-12-10-8-6-4-2/h1-2H,5-12H2. The average molecular weight is 178 g/mol. The Labute approximate surface area is 81.9 Å². The second kappa shape index (κ2) is 11.1. The van der Waals surface area contributed by atoms with Gasteiger partial charge in [0, 0.05) is 26.1 Å². The molecule has 0 spiro atoms. The molecule has 1 nitrogen and oxygen atoms in total. The molecule has 0 saturated carbocycles. The van der Waals surface area contributed by atoms with Crippen molar-refractivity contribution in [2.75, 3.05) is 13.2 Å². The summed E-state index contributed by atoms with van der Waals surface area (Å²) in [5, 5.41) is 0. The Hall–Kier alpha value is -0.920. The third-order valence-electron chi connectivity index (χ3n) is 1.72. The minimum Gasteiger partial charge on any atom is -0.381 e. The predicted octanol–water partition coefficient (Wildman–Crippen LogP) is 2.61. The molecule has 0 aliphatic rings. The molecule has 0 fully saturated rings. The van der Waals surface area contributed by atoms with E-state index in [0.29, 0.717) is 0 Å². The number of unbranched alkanes of at least 4 members (excludes halogenated alkanes) is 4. The third-order valence-corrected chi connectivity index (χ3v) is 1.72. The van der Waals surface area contributed by atoms with Crippen molar-refractivity contribution in [3.05, 3.63) is 0 Å². The molecular weight excluding hydrogens is 160 g/mol. The smallest absolute Gasteiger partial charge is 0.0466 e. The van der Waals surface area contributed by atoms with Crippen molar-refractivity contribution in [2.45, 2.75) is 38.5 Å². The minimum absolute atomic E-state index is 0.831. The molecule has 0 aliphatic carbocycles. The zero-order valence-corrected chi connectivity index (χ0v) is 8.22. The molecule has 1 heteroatoms. The van der Waals surface area contributed by atoms with Crippen LogP contribution in [0.2, 0.25) is 0 Å². The maximum atomic E-state index is 5.39. The summed E-state index contributed by atoms with van der Waals surface area (Å²) in [6.07, 6.45) is 16.2. The molecule has 0 N–H and O–H groups in total. The summed E-state index contributed by atoms with van der Waals surface area (Å²) in [6.45, 7) is 1.66. The summed E-state index contributed by atoms with van der Waals surface area (Å²) in [5.41, 5.74) is 0. The van der Waals surface area contributed by atoms with Gasteiger partial charge < -0.3 is 4.74 Å². The van der Waals surface area contributed by atoms with E-state index in [4.69, 9.17) is 17.6 Å². The number of hydrogen-bond donors (Lipinski definition) is 0. The highest BCUT2D eigenvalue weighted by Crippen LogP contribution is 1.97. The Morgan fingerprint density at radius 1 is 0.769 bits per heavy atom. The lowest BCUT2D eigenvalue weighted by Crippen LogP contribution is -1.96. The van der Waals surface area contributed by atoms with Crippen LogP contribution in [0.25, 0.3) is 0 Å². The van der Waals surface area contributed by atoms with Crippen LogP contribution >= 0.6 is 0 Å². The average Bonchev–Trinajstić information content (AvgIpc) is 2.16. The fraction of sp³-hybridized carbons (Fsp3) is 0.667. The lowest BCUT2D eigenvalue weighted by Gasteiger charge is -2.01. The molecule has 0 aromatic rings. The van der Waals surface area contributed by atoms with Crippen LogP contribution in [0, 0.1) is 24.7 Å². The van der Waals surface area contributed by atoms with Gasteiger partial charge in [-0.15, -0.1) is 24.7 Å². The van der Waals surface area contributed by atoms with Gasteiger partial charge in [0.25, 0.3) is 0 Å². The molecule has 0 saturated heterocycles. The monoisotopic (exact) mass is 178 g/mol. The van der Waals surface area contributed by atoms with Crippen molar-refractivity contribution < 1.29 is 4.74 Å². The van der Waals surface area contributed by atoms with Crippen molar-refractivity contribution in [3.8, 4) is 24.7 Å². The van der Waals surface area contributed by atoms with Gasteiger partial charge in [-0.25, -0.2) is 0 Å². The molecule has 0 aromatic heterocycles. The molecule has 0 bridgehead atoms. The van der Waals surface area contributed by atoms with Crippen LogP contribution in [0.4, 0.5) is 0 Å². The van der Waals surface area contributed by atoms with E-state index in [1.807, 2.05) is 0 Å². The second-order valence-corrected chi connectivity index (χ2v) is 2.93.